The van der Waals surface area contributed by atoms with Crippen molar-refractivity contribution >= 4 is 5.78 Å². The molecule has 0 bridgehead atoms. The quantitative estimate of drug-likeness (QED) is 0.628. The molecule has 1 atom stereocenters. The molecule has 2 aliphatic carbocycles. The van der Waals surface area contributed by atoms with Crippen molar-refractivity contribution in [3.05, 3.63) is 33.9 Å². The van der Waals surface area contributed by atoms with Crippen LogP contribution in [-0.2, 0) is 6.42 Å². The summed E-state index contributed by atoms with van der Waals surface area (Å²) in [5, 5.41) is 0. The predicted molar refractivity (Wildman–Crippen MR) is 60.5 cm³/mol. The van der Waals surface area contributed by atoms with Crippen LogP contribution in [0.4, 0.5) is 0 Å². The first-order chi connectivity index (χ1) is 7.18. The minimum absolute atomic E-state index is 0.377. The number of ketones is 1. The standard InChI is InChI=1S/C14H16O/c1-8-7-9(2)13-12(15)6-4-10-3-5-11(8)14(10)13/h7,10H,3-6H2,1-2H3. The van der Waals surface area contributed by atoms with Gasteiger partial charge in [-0.25, -0.2) is 0 Å². The van der Waals surface area contributed by atoms with E-state index in [1.165, 1.54) is 35.1 Å². The number of aryl methyl sites for hydroxylation is 2. The molecular formula is C14H16O. The first-order valence-corrected chi connectivity index (χ1v) is 5.84. The molecule has 0 spiro atoms. The highest BCUT2D eigenvalue weighted by Gasteiger charge is 2.33. The Morgan fingerprint density at radius 1 is 1.13 bits per heavy atom. The van der Waals surface area contributed by atoms with Crippen LogP contribution in [0, 0.1) is 13.8 Å². The van der Waals surface area contributed by atoms with Crippen LogP contribution in [0.5, 0.6) is 0 Å². The van der Waals surface area contributed by atoms with Gasteiger partial charge < -0.3 is 0 Å². The summed E-state index contributed by atoms with van der Waals surface area (Å²) in [6, 6.07) is 2.19. The topological polar surface area (TPSA) is 17.1 Å². The Hall–Kier alpha value is -1.11. The Kier molecular flexibility index (Phi) is 1.79. The molecule has 0 aromatic heterocycles. The fourth-order valence-corrected chi connectivity index (χ4v) is 3.39. The summed E-state index contributed by atoms with van der Waals surface area (Å²) >= 11 is 0. The SMILES string of the molecule is Cc1cc(C)c2c3c1CCC3CCC2=O. The molecule has 1 aromatic rings. The van der Waals surface area contributed by atoms with Gasteiger partial charge in [-0.3, -0.25) is 4.79 Å². The van der Waals surface area contributed by atoms with Crippen LogP contribution in [0.3, 0.4) is 0 Å². The van der Waals surface area contributed by atoms with Gasteiger partial charge in [0.25, 0.3) is 0 Å². The van der Waals surface area contributed by atoms with Crippen molar-refractivity contribution < 1.29 is 4.79 Å². The highest BCUT2D eigenvalue weighted by Crippen LogP contribution is 2.44. The number of carbonyl (C=O) groups is 1. The van der Waals surface area contributed by atoms with Gasteiger partial charge in [-0.05, 0) is 61.3 Å². The Labute approximate surface area is 90.5 Å². The zero-order valence-corrected chi connectivity index (χ0v) is 9.39. The van der Waals surface area contributed by atoms with Gasteiger partial charge in [0, 0.05) is 12.0 Å². The Morgan fingerprint density at radius 2 is 1.87 bits per heavy atom. The zero-order valence-electron chi connectivity index (χ0n) is 9.39. The molecule has 1 nitrogen and oxygen atoms in total. The van der Waals surface area contributed by atoms with Gasteiger partial charge in [0.1, 0.15) is 0 Å². The molecule has 0 N–H and O–H groups in total. The largest absolute Gasteiger partial charge is 0.294 e. The normalized spacial score (nSPS) is 23.1. The van der Waals surface area contributed by atoms with Gasteiger partial charge in [-0.2, -0.15) is 0 Å². The maximum Gasteiger partial charge on any atom is 0.163 e. The monoisotopic (exact) mass is 200 g/mol. The van der Waals surface area contributed by atoms with Crippen molar-refractivity contribution in [2.24, 2.45) is 0 Å². The average Bonchev–Trinajstić information content (AvgIpc) is 2.60. The molecule has 1 aromatic carbocycles. The van der Waals surface area contributed by atoms with Crippen LogP contribution < -0.4 is 0 Å². The molecule has 0 saturated heterocycles. The third-order valence-corrected chi connectivity index (χ3v) is 4.05. The third-order valence-electron chi connectivity index (χ3n) is 4.05. The Bertz CT molecular complexity index is 457. The molecule has 0 saturated carbocycles. The van der Waals surface area contributed by atoms with E-state index in [0.29, 0.717) is 11.7 Å². The van der Waals surface area contributed by atoms with Gasteiger partial charge in [0.2, 0.25) is 0 Å². The van der Waals surface area contributed by atoms with Crippen molar-refractivity contribution in [3.63, 3.8) is 0 Å². The second-order valence-corrected chi connectivity index (χ2v) is 4.98. The second kappa shape index (κ2) is 2.94. The van der Waals surface area contributed by atoms with Gasteiger partial charge in [-0.1, -0.05) is 6.07 Å². The second-order valence-electron chi connectivity index (χ2n) is 4.98. The zero-order chi connectivity index (χ0) is 10.6. The molecule has 0 heterocycles. The summed E-state index contributed by atoms with van der Waals surface area (Å²) in [6.07, 6.45) is 4.30. The van der Waals surface area contributed by atoms with Crippen LogP contribution in [0.2, 0.25) is 0 Å². The summed E-state index contributed by atoms with van der Waals surface area (Å²) in [5.41, 5.74) is 6.56. The van der Waals surface area contributed by atoms with E-state index in [0.717, 1.165) is 18.4 Å². The predicted octanol–water partition coefficient (Wildman–Crippen LogP) is 3.31. The van der Waals surface area contributed by atoms with E-state index in [9.17, 15) is 4.79 Å². The molecule has 0 amide bonds. The number of rotatable bonds is 0. The van der Waals surface area contributed by atoms with E-state index in [4.69, 9.17) is 0 Å². The molecule has 0 fully saturated rings. The molecule has 15 heavy (non-hydrogen) atoms. The molecule has 1 heteroatoms. The number of benzene rings is 1. The summed E-state index contributed by atoms with van der Waals surface area (Å²) < 4.78 is 0. The lowest BCUT2D eigenvalue weighted by atomic mass is 9.80. The Balaban J connectivity index is 2.35. The van der Waals surface area contributed by atoms with E-state index in [2.05, 4.69) is 19.9 Å². The van der Waals surface area contributed by atoms with Crippen molar-refractivity contribution in [1.82, 2.24) is 0 Å². The first kappa shape index (κ1) is 9.14. The fraction of sp³-hybridized carbons (Fsp3) is 0.500. The lowest BCUT2D eigenvalue weighted by molar-refractivity contribution is 0.0967. The molecule has 3 rings (SSSR count). The Morgan fingerprint density at radius 3 is 2.67 bits per heavy atom. The highest BCUT2D eigenvalue weighted by molar-refractivity contribution is 6.00. The maximum atomic E-state index is 11.9. The van der Waals surface area contributed by atoms with Gasteiger partial charge >= 0.3 is 0 Å². The smallest absolute Gasteiger partial charge is 0.163 e. The van der Waals surface area contributed by atoms with Gasteiger partial charge in [0.15, 0.2) is 5.78 Å². The van der Waals surface area contributed by atoms with Crippen molar-refractivity contribution in [1.29, 1.82) is 0 Å². The molecule has 2 aliphatic rings. The molecular weight excluding hydrogens is 184 g/mol. The number of hydrogen-bond acceptors (Lipinski definition) is 1. The van der Waals surface area contributed by atoms with Crippen LogP contribution in [-0.4, -0.2) is 5.78 Å². The van der Waals surface area contributed by atoms with Crippen molar-refractivity contribution in [2.45, 2.75) is 45.4 Å². The molecule has 78 valence electrons. The number of carbonyl (C=O) groups excluding carboxylic acids is 1. The molecule has 0 aliphatic heterocycles. The van der Waals surface area contributed by atoms with E-state index >= 15 is 0 Å². The summed E-state index contributed by atoms with van der Waals surface area (Å²) in [4.78, 5) is 11.9. The summed E-state index contributed by atoms with van der Waals surface area (Å²) in [5.74, 6) is 1.06. The third kappa shape index (κ3) is 1.12. The van der Waals surface area contributed by atoms with Crippen LogP contribution in [0.1, 0.15) is 57.8 Å². The van der Waals surface area contributed by atoms with Gasteiger partial charge in [-0.15, -0.1) is 0 Å². The van der Waals surface area contributed by atoms with E-state index < -0.39 is 0 Å². The minimum atomic E-state index is 0.377. The van der Waals surface area contributed by atoms with E-state index in [1.807, 2.05) is 0 Å². The average molecular weight is 200 g/mol. The minimum Gasteiger partial charge on any atom is -0.294 e. The number of hydrogen-bond donors (Lipinski definition) is 0. The number of Topliss-reactive ketones (excluding diaryl/α,β-unsaturated/α-hetero) is 1. The highest BCUT2D eigenvalue weighted by atomic mass is 16.1. The van der Waals surface area contributed by atoms with Crippen molar-refractivity contribution in [3.8, 4) is 0 Å². The first-order valence-electron chi connectivity index (χ1n) is 5.84. The summed E-state index contributed by atoms with van der Waals surface area (Å²) in [7, 11) is 0. The lowest BCUT2D eigenvalue weighted by Gasteiger charge is -2.23. The van der Waals surface area contributed by atoms with Crippen molar-refractivity contribution in [2.75, 3.05) is 0 Å². The van der Waals surface area contributed by atoms with Crippen LogP contribution >= 0.6 is 0 Å². The lowest BCUT2D eigenvalue weighted by Crippen LogP contribution is -2.15. The summed E-state index contributed by atoms with van der Waals surface area (Å²) in [6.45, 7) is 4.27. The van der Waals surface area contributed by atoms with E-state index in [1.54, 1.807) is 0 Å². The van der Waals surface area contributed by atoms with Gasteiger partial charge in [0.05, 0.1) is 0 Å². The fourth-order valence-electron chi connectivity index (χ4n) is 3.39. The maximum absolute atomic E-state index is 11.9. The molecule has 1 unspecified atom stereocenters. The van der Waals surface area contributed by atoms with Crippen LogP contribution in [0.25, 0.3) is 0 Å². The van der Waals surface area contributed by atoms with E-state index in [-0.39, 0.29) is 0 Å². The molecule has 0 radical (unpaired) electrons. The van der Waals surface area contributed by atoms with Crippen LogP contribution in [0.15, 0.2) is 6.07 Å².